The first kappa shape index (κ1) is 16.2. The lowest BCUT2D eigenvalue weighted by atomic mass is 10.1. The third-order valence-electron chi connectivity index (χ3n) is 2.73. The molecule has 0 amide bonds. The minimum absolute atomic E-state index is 0.243. The Hall–Kier alpha value is -0.830. The first-order valence-corrected chi connectivity index (χ1v) is 6.71. The van der Waals surface area contributed by atoms with E-state index >= 15 is 0 Å². The molecule has 100 valence electrons. The van der Waals surface area contributed by atoms with Gasteiger partial charge in [-0.15, -0.1) is 0 Å². The molecule has 2 N–H and O–H groups in total. The van der Waals surface area contributed by atoms with Crippen molar-refractivity contribution in [2.24, 2.45) is 0 Å². The average molecular weight is 242 g/mol. The number of aliphatic hydroxyl groups excluding tert-OH is 1. The van der Waals surface area contributed by atoms with Crippen LogP contribution in [0.25, 0.3) is 0 Å². The van der Waals surface area contributed by atoms with Crippen LogP contribution in [0.4, 0.5) is 0 Å². The van der Waals surface area contributed by atoms with Gasteiger partial charge in [-0.2, -0.15) is 0 Å². The number of aliphatic hydroxyl groups is 1. The van der Waals surface area contributed by atoms with Crippen molar-refractivity contribution in [2.45, 2.75) is 70.8 Å². The summed E-state index contributed by atoms with van der Waals surface area (Å²) in [6, 6.07) is 0. The molecule has 0 radical (unpaired) electrons. The largest absolute Gasteiger partial charge is 0.481 e. The summed E-state index contributed by atoms with van der Waals surface area (Å²) in [5.41, 5.74) is 0. The maximum absolute atomic E-state index is 10.3. The molecule has 0 aromatic carbocycles. The molecule has 0 aromatic heterocycles. The molecule has 0 saturated heterocycles. The number of carbonyl (C=O) groups is 1. The Kier molecular flexibility index (Phi) is 11.1. The molecular formula is C14H26O3. The van der Waals surface area contributed by atoms with Crippen LogP contribution in [0, 0.1) is 0 Å². The van der Waals surface area contributed by atoms with E-state index in [9.17, 15) is 9.90 Å². The van der Waals surface area contributed by atoms with Crippen LogP contribution in [0.15, 0.2) is 12.2 Å². The van der Waals surface area contributed by atoms with Gasteiger partial charge in [0.25, 0.3) is 0 Å². The van der Waals surface area contributed by atoms with Gasteiger partial charge in [-0.25, -0.2) is 0 Å². The maximum atomic E-state index is 10.3. The predicted molar refractivity (Wildman–Crippen MR) is 70.0 cm³/mol. The van der Waals surface area contributed by atoms with Crippen LogP contribution in [-0.4, -0.2) is 22.3 Å². The summed E-state index contributed by atoms with van der Waals surface area (Å²) < 4.78 is 0. The van der Waals surface area contributed by atoms with Crippen molar-refractivity contribution in [3.63, 3.8) is 0 Å². The van der Waals surface area contributed by atoms with Crippen molar-refractivity contribution in [3.05, 3.63) is 12.2 Å². The summed E-state index contributed by atoms with van der Waals surface area (Å²) in [6.45, 7) is 2.17. The Morgan fingerprint density at radius 3 is 2.59 bits per heavy atom. The highest BCUT2D eigenvalue weighted by molar-refractivity contribution is 5.66. The van der Waals surface area contributed by atoms with Crippen molar-refractivity contribution in [1.82, 2.24) is 0 Å². The van der Waals surface area contributed by atoms with Crippen LogP contribution in [0.5, 0.6) is 0 Å². The summed E-state index contributed by atoms with van der Waals surface area (Å²) in [4.78, 5) is 10.3. The van der Waals surface area contributed by atoms with Gasteiger partial charge in [0.1, 0.15) is 0 Å². The van der Waals surface area contributed by atoms with E-state index in [1.165, 1.54) is 12.8 Å². The van der Waals surface area contributed by atoms with Gasteiger partial charge in [0.2, 0.25) is 0 Å². The molecule has 0 aliphatic heterocycles. The number of aliphatic carboxylic acids is 1. The van der Waals surface area contributed by atoms with E-state index in [-0.39, 0.29) is 12.5 Å². The Morgan fingerprint density at radius 1 is 1.18 bits per heavy atom. The first-order chi connectivity index (χ1) is 8.16. The van der Waals surface area contributed by atoms with E-state index in [2.05, 4.69) is 19.1 Å². The summed E-state index contributed by atoms with van der Waals surface area (Å²) in [6.07, 6.45) is 11.7. The molecular weight excluding hydrogens is 216 g/mol. The van der Waals surface area contributed by atoms with Gasteiger partial charge in [-0.1, -0.05) is 44.8 Å². The molecule has 0 aliphatic carbocycles. The molecule has 0 fully saturated rings. The lowest BCUT2D eigenvalue weighted by molar-refractivity contribution is -0.137. The van der Waals surface area contributed by atoms with Crippen molar-refractivity contribution < 1.29 is 15.0 Å². The number of carboxylic acids is 1. The maximum Gasteiger partial charge on any atom is 0.303 e. The zero-order valence-electron chi connectivity index (χ0n) is 10.9. The van der Waals surface area contributed by atoms with Crippen LogP contribution in [-0.2, 0) is 4.79 Å². The zero-order valence-corrected chi connectivity index (χ0v) is 10.9. The quantitative estimate of drug-likeness (QED) is 0.430. The molecule has 1 atom stereocenters. The van der Waals surface area contributed by atoms with Crippen molar-refractivity contribution in [1.29, 1.82) is 0 Å². The van der Waals surface area contributed by atoms with Gasteiger partial charge in [0.15, 0.2) is 0 Å². The number of hydrogen-bond acceptors (Lipinski definition) is 2. The highest BCUT2D eigenvalue weighted by Gasteiger charge is 2.02. The van der Waals surface area contributed by atoms with Gasteiger partial charge in [-0.3, -0.25) is 4.79 Å². The molecule has 0 saturated carbocycles. The Bertz CT molecular complexity index is 212. The van der Waals surface area contributed by atoms with Gasteiger partial charge in [-0.05, 0) is 25.7 Å². The van der Waals surface area contributed by atoms with Gasteiger partial charge < -0.3 is 10.2 Å². The fourth-order valence-electron chi connectivity index (χ4n) is 1.64. The lowest BCUT2D eigenvalue weighted by Crippen LogP contribution is -2.04. The Labute approximate surface area is 105 Å². The van der Waals surface area contributed by atoms with E-state index in [1.54, 1.807) is 0 Å². The Morgan fingerprint density at radius 2 is 1.94 bits per heavy atom. The minimum atomic E-state index is -0.732. The smallest absolute Gasteiger partial charge is 0.303 e. The second-order valence-electron chi connectivity index (χ2n) is 4.50. The fourth-order valence-corrected chi connectivity index (χ4v) is 1.64. The second kappa shape index (κ2) is 11.6. The number of unbranched alkanes of at least 4 members (excludes halogenated alkanes) is 4. The molecule has 1 unspecified atom stereocenters. The predicted octanol–water partition coefficient (Wildman–Crippen LogP) is 3.52. The molecule has 0 aromatic rings. The third-order valence-corrected chi connectivity index (χ3v) is 2.73. The molecule has 0 heterocycles. The Balaban J connectivity index is 3.31. The van der Waals surface area contributed by atoms with Crippen LogP contribution >= 0.6 is 0 Å². The first-order valence-electron chi connectivity index (χ1n) is 6.71. The number of rotatable bonds is 11. The average Bonchev–Trinajstić information content (AvgIpc) is 2.28. The molecule has 0 spiro atoms. The number of allylic oxidation sites excluding steroid dienone is 1. The normalized spacial score (nSPS) is 13.1. The van der Waals surface area contributed by atoms with E-state index < -0.39 is 5.97 Å². The molecule has 3 heteroatoms. The zero-order chi connectivity index (χ0) is 12.9. The fraction of sp³-hybridized carbons (Fsp3) is 0.786. The van der Waals surface area contributed by atoms with E-state index in [4.69, 9.17) is 5.11 Å². The van der Waals surface area contributed by atoms with E-state index in [1.807, 2.05) is 0 Å². The molecule has 17 heavy (non-hydrogen) atoms. The monoisotopic (exact) mass is 242 g/mol. The van der Waals surface area contributed by atoms with Gasteiger partial charge in [0, 0.05) is 6.42 Å². The van der Waals surface area contributed by atoms with Gasteiger partial charge in [0.05, 0.1) is 6.10 Å². The third kappa shape index (κ3) is 13.1. The highest BCUT2D eigenvalue weighted by Crippen LogP contribution is 2.09. The van der Waals surface area contributed by atoms with Crippen LogP contribution in [0.2, 0.25) is 0 Å². The molecule has 0 bridgehead atoms. The summed E-state index contributed by atoms with van der Waals surface area (Å²) in [5.74, 6) is -0.732. The highest BCUT2D eigenvalue weighted by atomic mass is 16.4. The van der Waals surface area contributed by atoms with Gasteiger partial charge >= 0.3 is 5.97 Å². The molecule has 3 nitrogen and oxygen atoms in total. The van der Waals surface area contributed by atoms with Crippen molar-refractivity contribution in [3.8, 4) is 0 Å². The topological polar surface area (TPSA) is 57.5 Å². The summed E-state index contributed by atoms with van der Waals surface area (Å²) in [7, 11) is 0. The van der Waals surface area contributed by atoms with E-state index in [0.29, 0.717) is 6.42 Å². The van der Waals surface area contributed by atoms with Crippen molar-refractivity contribution >= 4 is 5.97 Å². The molecule has 0 aliphatic rings. The van der Waals surface area contributed by atoms with Crippen LogP contribution in [0.3, 0.4) is 0 Å². The van der Waals surface area contributed by atoms with E-state index in [0.717, 1.165) is 32.1 Å². The lowest BCUT2D eigenvalue weighted by Gasteiger charge is -2.06. The standard InChI is InChI=1S/C14H26O3/c1-2-3-4-5-7-10-13(15)11-8-6-9-12-14(16)17/h5,7,13,15H,2-4,6,8-12H2,1H3,(H,16,17)/b7-5-. The minimum Gasteiger partial charge on any atom is -0.481 e. The van der Waals surface area contributed by atoms with Crippen LogP contribution < -0.4 is 0 Å². The number of carboxylic acid groups (broad SMARTS) is 1. The summed E-state index contributed by atoms with van der Waals surface area (Å²) in [5, 5.41) is 18.1. The van der Waals surface area contributed by atoms with Crippen molar-refractivity contribution in [2.75, 3.05) is 0 Å². The summed E-state index contributed by atoms with van der Waals surface area (Å²) >= 11 is 0. The number of hydrogen-bond donors (Lipinski definition) is 2. The second-order valence-corrected chi connectivity index (χ2v) is 4.50. The van der Waals surface area contributed by atoms with Crippen LogP contribution in [0.1, 0.15) is 64.7 Å². The molecule has 0 rings (SSSR count). The SMILES string of the molecule is CCCC/C=C\CC(O)CCCCCC(=O)O.